The molecule has 0 amide bonds. The molecule has 0 fully saturated rings. The molecule has 7 heteroatoms. The van der Waals surface area contributed by atoms with Crippen molar-refractivity contribution in [2.75, 3.05) is 0 Å². The monoisotopic (exact) mass is 610 g/mol. The Labute approximate surface area is 109 Å². The largest absolute Gasteiger partial charge is 0.426 e. The third kappa shape index (κ3) is 11.3. The van der Waals surface area contributed by atoms with Crippen LogP contribution in [0.4, 0.5) is 0 Å². The molecule has 0 radical (unpaired) electrons. The van der Waals surface area contributed by atoms with Crippen LogP contribution in [0.15, 0.2) is 0 Å². The topological polar surface area (TPSA) is 9.23 Å². The summed E-state index contributed by atoms with van der Waals surface area (Å²) in [4.78, 5) is 0. The van der Waals surface area contributed by atoms with E-state index in [1.807, 2.05) is 0 Å². The zero-order valence-corrected chi connectivity index (χ0v) is 15.6. The Morgan fingerprint density at radius 1 is 0.889 bits per heavy atom. The molecule has 0 saturated heterocycles. The first-order chi connectivity index (χ1) is 3.71. The van der Waals surface area contributed by atoms with Crippen molar-refractivity contribution in [1.82, 2.24) is 0 Å². The molecule has 0 aliphatic heterocycles. The molecule has 0 aliphatic rings. The van der Waals surface area contributed by atoms with E-state index in [9.17, 15) is 0 Å². The summed E-state index contributed by atoms with van der Waals surface area (Å²) in [6, 6.07) is 0. The van der Waals surface area contributed by atoms with Crippen LogP contribution < -0.4 is 0 Å². The number of rotatable bonds is 2. The fourth-order valence-electron chi connectivity index (χ4n) is 0.315. The van der Waals surface area contributed by atoms with Crippen molar-refractivity contribution < 1.29 is 4.12 Å². The molecular weight excluding hydrogens is 604 g/mol. The molecule has 0 bridgehead atoms. The van der Waals surface area contributed by atoms with Crippen LogP contribution in [-0.2, 0) is 4.12 Å². The van der Waals surface area contributed by atoms with Gasteiger partial charge in [-0.2, -0.15) is 0 Å². The summed E-state index contributed by atoms with van der Waals surface area (Å²) in [5, 5.41) is 0. The van der Waals surface area contributed by atoms with Crippen LogP contribution in [0, 0.1) is 0 Å². The Morgan fingerprint density at radius 3 is 1.11 bits per heavy atom. The molecule has 0 N–H and O–H groups in total. The molecule has 0 aromatic carbocycles. The molecule has 0 spiro atoms. The Balaban J connectivity index is 3.75. The highest BCUT2D eigenvalue weighted by Gasteiger charge is 2.32. The predicted molar refractivity (Wildman–Crippen MR) is 80.4 cm³/mol. The standard InChI is InChI=1S/C2H6I4OSi2/c1-8(3,4)7-9(2,5)6/h1-2H3. The van der Waals surface area contributed by atoms with Crippen molar-refractivity contribution in [3.63, 3.8) is 0 Å². The van der Waals surface area contributed by atoms with Crippen molar-refractivity contribution in [3.05, 3.63) is 0 Å². The third-order valence-electron chi connectivity index (χ3n) is 0.358. The van der Waals surface area contributed by atoms with E-state index in [0.717, 1.165) is 0 Å². The Bertz CT molecular complexity index is 81.7. The van der Waals surface area contributed by atoms with Crippen LogP contribution in [0.5, 0.6) is 0 Å². The molecule has 0 aromatic rings. The molecule has 0 aliphatic carbocycles. The number of halogens is 4. The van der Waals surface area contributed by atoms with E-state index in [2.05, 4.69) is 100 Å². The molecule has 0 rings (SSSR count). The summed E-state index contributed by atoms with van der Waals surface area (Å²) >= 11 is 9.72. The van der Waals surface area contributed by atoms with Crippen molar-refractivity contribution in [2.45, 2.75) is 13.1 Å². The van der Waals surface area contributed by atoms with Gasteiger partial charge in [0.05, 0.1) is 0 Å². The van der Waals surface area contributed by atoms with E-state index >= 15 is 0 Å². The fraction of sp³-hybridized carbons (Fsp3) is 1.00. The van der Waals surface area contributed by atoms with Crippen LogP contribution in [0.2, 0.25) is 13.1 Å². The average Bonchev–Trinajstić information content (AvgIpc) is 1.14. The molecule has 0 aromatic heterocycles. The molecule has 0 unspecified atom stereocenters. The van der Waals surface area contributed by atoms with Crippen molar-refractivity contribution in [1.29, 1.82) is 0 Å². The molecule has 0 heterocycles. The molecule has 0 atom stereocenters. The molecule has 56 valence electrons. The molecule has 9 heavy (non-hydrogen) atoms. The van der Waals surface area contributed by atoms with Crippen molar-refractivity contribution in [3.8, 4) is 0 Å². The van der Waals surface area contributed by atoms with Crippen LogP contribution in [0.25, 0.3) is 0 Å². The number of hydrogen-bond donors (Lipinski definition) is 0. The first-order valence-corrected chi connectivity index (χ1v) is 19.4. The van der Waals surface area contributed by atoms with E-state index in [1.54, 1.807) is 0 Å². The highest BCUT2D eigenvalue weighted by Crippen LogP contribution is 2.33. The van der Waals surface area contributed by atoms with E-state index in [1.165, 1.54) is 0 Å². The van der Waals surface area contributed by atoms with Crippen molar-refractivity contribution >= 4 is 93.8 Å². The van der Waals surface area contributed by atoms with Gasteiger partial charge in [0, 0.05) is 0 Å². The van der Waals surface area contributed by atoms with Crippen LogP contribution in [0.3, 0.4) is 0 Å². The van der Waals surface area contributed by atoms with Gasteiger partial charge in [-0.25, -0.2) is 0 Å². The highest BCUT2D eigenvalue weighted by atomic mass is 127. The minimum atomic E-state index is -1.31. The lowest BCUT2D eigenvalue weighted by atomic mass is 11.9. The zero-order chi connectivity index (χ0) is 7.71. The normalized spacial score (nSPS) is 14.0. The van der Waals surface area contributed by atoms with Gasteiger partial charge in [0.2, 0.25) is 0 Å². The fourth-order valence-corrected chi connectivity index (χ4v) is 33.9. The number of hydrogen-bond acceptors (Lipinski definition) is 1. The summed E-state index contributed by atoms with van der Waals surface area (Å²) < 4.78 is 3.24. The second-order valence-corrected chi connectivity index (χ2v) is 42.9. The summed E-state index contributed by atoms with van der Waals surface area (Å²) in [7, 11) is 0. The van der Waals surface area contributed by atoms with Gasteiger partial charge in [-0.3, -0.25) is 0 Å². The Morgan fingerprint density at radius 2 is 1.11 bits per heavy atom. The average molecular weight is 610 g/mol. The summed E-state index contributed by atoms with van der Waals surface area (Å²) in [5.74, 6) is 0. The summed E-state index contributed by atoms with van der Waals surface area (Å²) in [6.07, 6.45) is 0. The molecule has 1 nitrogen and oxygen atoms in total. The summed E-state index contributed by atoms with van der Waals surface area (Å²) in [5.41, 5.74) is 0. The quantitative estimate of drug-likeness (QED) is 0.263. The highest BCUT2D eigenvalue weighted by molar-refractivity contribution is 14.3. The van der Waals surface area contributed by atoms with Gasteiger partial charge in [0.15, 0.2) is 0 Å². The Kier molecular flexibility index (Phi) is 6.19. The third-order valence-corrected chi connectivity index (χ3v) is 11.2. The first kappa shape index (κ1) is 12.3. The van der Waals surface area contributed by atoms with Gasteiger partial charge >= 0.3 is 6.62 Å². The lowest BCUT2D eigenvalue weighted by Crippen LogP contribution is -2.30. The summed E-state index contributed by atoms with van der Waals surface area (Å²) in [6.45, 7) is 4.41. The first-order valence-electron chi connectivity index (χ1n) is 2.16. The van der Waals surface area contributed by atoms with E-state index < -0.39 is 6.62 Å². The van der Waals surface area contributed by atoms with Gasteiger partial charge in [-0.1, -0.05) is 87.2 Å². The van der Waals surface area contributed by atoms with Gasteiger partial charge in [-0.05, 0) is 13.1 Å². The minimum absolute atomic E-state index is 1.31. The lowest BCUT2D eigenvalue weighted by Gasteiger charge is -2.20. The smallest absolute Gasteiger partial charge is 0.313 e. The maximum atomic E-state index is 5.85. The Hall–Kier alpha value is 3.31. The zero-order valence-electron chi connectivity index (χ0n) is 4.92. The maximum absolute atomic E-state index is 5.85. The van der Waals surface area contributed by atoms with E-state index in [4.69, 9.17) is 4.12 Å². The maximum Gasteiger partial charge on any atom is 0.313 e. The second kappa shape index (κ2) is 4.52. The van der Waals surface area contributed by atoms with Crippen LogP contribution in [-0.4, -0.2) is 6.62 Å². The SMILES string of the molecule is C[Si](I)(I)O[Si](C)(I)I. The van der Waals surface area contributed by atoms with Gasteiger partial charge in [0.25, 0.3) is 0 Å². The van der Waals surface area contributed by atoms with Gasteiger partial charge in [0.1, 0.15) is 0 Å². The van der Waals surface area contributed by atoms with Gasteiger partial charge < -0.3 is 4.12 Å². The second-order valence-electron chi connectivity index (χ2n) is 1.72. The molecular formula is C2H6I4OSi2. The van der Waals surface area contributed by atoms with E-state index in [-0.39, 0.29) is 0 Å². The van der Waals surface area contributed by atoms with Crippen molar-refractivity contribution in [2.24, 2.45) is 0 Å². The lowest BCUT2D eigenvalue weighted by molar-refractivity contribution is 0.639. The van der Waals surface area contributed by atoms with Gasteiger partial charge in [-0.15, -0.1) is 0 Å². The van der Waals surface area contributed by atoms with E-state index in [0.29, 0.717) is 0 Å². The molecule has 0 saturated carbocycles. The van der Waals surface area contributed by atoms with Crippen LogP contribution >= 0.6 is 87.2 Å². The van der Waals surface area contributed by atoms with Crippen LogP contribution in [0.1, 0.15) is 0 Å². The minimum Gasteiger partial charge on any atom is -0.426 e. The predicted octanol–water partition coefficient (Wildman–Crippen LogP) is 3.88.